The average Bonchev–Trinajstić information content (AvgIpc) is 2.37. The SMILES string of the molecule is C=COC(=O)CC(=O)C1CCN(C(=O)OC(C)(C)C)CC1. The second kappa shape index (κ2) is 7.24. The standard InChI is InChI=1S/C15H23NO5/c1-5-20-13(18)10-12(17)11-6-8-16(9-7-11)14(19)21-15(2,3)4/h5,11H,1,6-10H2,2-4H3. The third-order valence-corrected chi connectivity index (χ3v) is 3.14. The van der Waals surface area contributed by atoms with Crippen molar-refractivity contribution in [3.63, 3.8) is 0 Å². The first kappa shape index (κ1) is 17.2. The molecule has 0 saturated carbocycles. The van der Waals surface area contributed by atoms with Crippen LogP contribution in [0.15, 0.2) is 12.8 Å². The molecule has 0 unspecified atom stereocenters. The number of rotatable bonds is 4. The van der Waals surface area contributed by atoms with Crippen LogP contribution in [0.1, 0.15) is 40.0 Å². The summed E-state index contributed by atoms with van der Waals surface area (Å²) >= 11 is 0. The minimum atomic E-state index is -0.593. The van der Waals surface area contributed by atoms with Crippen molar-refractivity contribution in [3.05, 3.63) is 12.8 Å². The van der Waals surface area contributed by atoms with Crippen molar-refractivity contribution >= 4 is 17.8 Å². The summed E-state index contributed by atoms with van der Waals surface area (Å²) < 4.78 is 9.82. The zero-order valence-corrected chi connectivity index (χ0v) is 12.9. The smallest absolute Gasteiger partial charge is 0.410 e. The summed E-state index contributed by atoms with van der Waals surface area (Å²) in [5, 5.41) is 0. The van der Waals surface area contributed by atoms with Crippen molar-refractivity contribution in [2.75, 3.05) is 13.1 Å². The van der Waals surface area contributed by atoms with Crippen LogP contribution >= 0.6 is 0 Å². The highest BCUT2D eigenvalue weighted by atomic mass is 16.6. The molecule has 1 saturated heterocycles. The van der Waals surface area contributed by atoms with Crippen LogP contribution in [-0.4, -0.2) is 41.4 Å². The lowest BCUT2D eigenvalue weighted by atomic mass is 9.91. The molecule has 0 bridgehead atoms. The van der Waals surface area contributed by atoms with Crippen molar-refractivity contribution in [1.82, 2.24) is 4.90 Å². The van der Waals surface area contributed by atoms with Gasteiger partial charge in [-0.05, 0) is 33.6 Å². The fourth-order valence-electron chi connectivity index (χ4n) is 2.13. The number of piperidine rings is 1. The third-order valence-electron chi connectivity index (χ3n) is 3.14. The highest BCUT2D eigenvalue weighted by Gasteiger charge is 2.30. The van der Waals surface area contributed by atoms with Gasteiger partial charge in [-0.1, -0.05) is 6.58 Å². The second-order valence-corrected chi connectivity index (χ2v) is 6.04. The summed E-state index contributed by atoms with van der Waals surface area (Å²) in [6.45, 7) is 9.62. The van der Waals surface area contributed by atoms with Crippen LogP contribution in [0.5, 0.6) is 0 Å². The van der Waals surface area contributed by atoms with Gasteiger partial charge in [0.25, 0.3) is 0 Å². The number of ketones is 1. The molecular formula is C15H23NO5. The summed E-state index contributed by atoms with van der Waals surface area (Å²) in [6, 6.07) is 0. The number of carbonyl (C=O) groups is 3. The van der Waals surface area contributed by atoms with Crippen LogP contribution < -0.4 is 0 Å². The second-order valence-electron chi connectivity index (χ2n) is 6.04. The number of Topliss-reactive ketones (excluding diaryl/α,β-unsaturated/α-hetero) is 1. The van der Waals surface area contributed by atoms with Crippen molar-refractivity contribution in [2.45, 2.75) is 45.6 Å². The fourth-order valence-corrected chi connectivity index (χ4v) is 2.13. The number of amides is 1. The monoisotopic (exact) mass is 297 g/mol. The van der Waals surface area contributed by atoms with Crippen LogP contribution in [0.2, 0.25) is 0 Å². The molecule has 0 aliphatic carbocycles. The Hall–Kier alpha value is -1.85. The van der Waals surface area contributed by atoms with Crippen LogP contribution in [-0.2, 0) is 19.1 Å². The van der Waals surface area contributed by atoms with E-state index >= 15 is 0 Å². The first-order valence-corrected chi connectivity index (χ1v) is 7.04. The van der Waals surface area contributed by atoms with Gasteiger partial charge in [-0.2, -0.15) is 0 Å². The molecule has 1 fully saturated rings. The van der Waals surface area contributed by atoms with Crippen molar-refractivity contribution in [1.29, 1.82) is 0 Å². The molecule has 0 atom stereocenters. The zero-order chi connectivity index (χ0) is 16.0. The number of likely N-dealkylation sites (tertiary alicyclic amines) is 1. The van der Waals surface area contributed by atoms with Gasteiger partial charge in [0.05, 0.1) is 6.26 Å². The number of hydrogen-bond donors (Lipinski definition) is 0. The molecule has 1 heterocycles. The molecule has 1 rings (SSSR count). The maximum absolute atomic E-state index is 11.9. The lowest BCUT2D eigenvalue weighted by Gasteiger charge is -2.32. The van der Waals surface area contributed by atoms with Gasteiger partial charge >= 0.3 is 12.1 Å². The molecule has 0 radical (unpaired) electrons. The van der Waals surface area contributed by atoms with Crippen LogP contribution in [0.3, 0.4) is 0 Å². The molecular weight excluding hydrogens is 274 g/mol. The Morgan fingerprint density at radius 2 is 1.81 bits per heavy atom. The summed E-state index contributed by atoms with van der Waals surface area (Å²) in [5.74, 6) is -0.948. The number of nitrogens with zero attached hydrogens (tertiary/aromatic N) is 1. The van der Waals surface area contributed by atoms with Gasteiger partial charge in [0.2, 0.25) is 0 Å². The Kier molecular flexibility index (Phi) is 5.93. The Morgan fingerprint density at radius 3 is 2.29 bits per heavy atom. The van der Waals surface area contributed by atoms with Gasteiger partial charge in [-0.15, -0.1) is 0 Å². The minimum Gasteiger partial charge on any atom is -0.444 e. The molecule has 1 aliphatic heterocycles. The Morgan fingerprint density at radius 1 is 1.24 bits per heavy atom. The third kappa shape index (κ3) is 5.97. The van der Waals surface area contributed by atoms with Gasteiger partial charge in [0.1, 0.15) is 17.8 Å². The topological polar surface area (TPSA) is 72.9 Å². The zero-order valence-electron chi connectivity index (χ0n) is 12.9. The maximum atomic E-state index is 11.9. The molecule has 0 N–H and O–H groups in total. The molecule has 118 valence electrons. The van der Waals surface area contributed by atoms with Gasteiger partial charge in [0.15, 0.2) is 0 Å². The summed E-state index contributed by atoms with van der Waals surface area (Å²) in [5.41, 5.74) is -0.530. The highest BCUT2D eigenvalue weighted by Crippen LogP contribution is 2.21. The number of carbonyl (C=O) groups excluding carboxylic acids is 3. The molecule has 0 aromatic rings. The van der Waals surface area contributed by atoms with E-state index in [-0.39, 0.29) is 24.2 Å². The van der Waals surface area contributed by atoms with Crippen molar-refractivity contribution in [3.8, 4) is 0 Å². The van der Waals surface area contributed by atoms with E-state index < -0.39 is 11.6 Å². The molecule has 0 aromatic heterocycles. The van der Waals surface area contributed by atoms with E-state index in [4.69, 9.17) is 4.74 Å². The van der Waals surface area contributed by atoms with Gasteiger partial charge in [-0.25, -0.2) is 4.79 Å². The minimum absolute atomic E-state index is 0.148. The van der Waals surface area contributed by atoms with E-state index in [1.54, 1.807) is 4.90 Å². The van der Waals surface area contributed by atoms with Crippen LogP contribution in [0.4, 0.5) is 4.79 Å². The van der Waals surface area contributed by atoms with Crippen LogP contribution in [0, 0.1) is 5.92 Å². The van der Waals surface area contributed by atoms with Gasteiger partial charge in [-0.3, -0.25) is 9.59 Å². The predicted molar refractivity (Wildman–Crippen MR) is 76.4 cm³/mol. The highest BCUT2D eigenvalue weighted by molar-refractivity contribution is 5.97. The molecule has 6 heteroatoms. The normalized spacial score (nSPS) is 16.2. The van der Waals surface area contributed by atoms with E-state index in [1.807, 2.05) is 20.8 Å². The van der Waals surface area contributed by atoms with E-state index in [0.717, 1.165) is 6.26 Å². The number of ether oxygens (including phenoxy) is 2. The number of esters is 1. The first-order valence-electron chi connectivity index (χ1n) is 7.04. The molecule has 6 nitrogen and oxygen atoms in total. The molecule has 0 spiro atoms. The molecule has 1 amide bonds. The lowest BCUT2D eigenvalue weighted by molar-refractivity contribution is -0.142. The lowest BCUT2D eigenvalue weighted by Crippen LogP contribution is -2.43. The molecule has 21 heavy (non-hydrogen) atoms. The van der Waals surface area contributed by atoms with Gasteiger partial charge < -0.3 is 14.4 Å². The summed E-state index contributed by atoms with van der Waals surface area (Å²) in [4.78, 5) is 36.6. The predicted octanol–water partition coefficient (Wildman–Crippen LogP) is 2.28. The molecule has 0 aromatic carbocycles. The van der Waals surface area contributed by atoms with Crippen molar-refractivity contribution in [2.24, 2.45) is 5.92 Å². The summed E-state index contributed by atoms with van der Waals surface area (Å²) in [7, 11) is 0. The van der Waals surface area contributed by atoms with E-state index in [0.29, 0.717) is 25.9 Å². The fraction of sp³-hybridized carbons (Fsp3) is 0.667. The molecule has 1 aliphatic rings. The largest absolute Gasteiger partial charge is 0.444 e. The van der Waals surface area contributed by atoms with Crippen molar-refractivity contribution < 1.29 is 23.9 Å². The quantitative estimate of drug-likeness (QED) is 0.452. The summed E-state index contributed by atoms with van der Waals surface area (Å²) in [6.07, 6.45) is 1.49. The Bertz CT molecular complexity index is 416. The maximum Gasteiger partial charge on any atom is 0.410 e. The van der Waals surface area contributed by atoms with E-state index in [9.17, 15) is 14.4 Å². The van der Waals surface area contributed by atoms with Crippen LogP contribution in [0.25, 0.3) is 0 Å². The van der Waals surface area contributed by atoms with E-state index in [1.165, 1.54) is 0 Å². The Labute approximate surface area is 125 Å². The van der Waals surface area contributed by atoms with Gasteiger partial charge in [0, 0.05) is 19.0 Å². The Balaban J connectivity index is 2.41. The average molecular weight is 297 g/mol. The van der Waals surface area contributed by atoms with E-state index in [2.05, 4.69) is 11.3 Å². The number of hydrogen-bond acceptors (Lipinski definition) is 5. The first-order chi connectivity index (χ1) is 9.73.